The molecule has 2 fully saturated rings. The molecule has 19 nitrogen and oxygen atoms in total. The van der Waals surface area contributed by atoms with Crippen LogP contribution in [-0.4, -0.2) is 127 Å². The molecule has 2 aliphatic rings. The molecule has 2 aromatic rings. The number of fused-ring (bicyclic) bond motifs is 2. The third kappa shape index (κ3) is 15.2. The number of amides is 3. The molecule has 0 unspecified atom stereocenters. The van der Waals surface area contributed by atoms with Crippen LogP contribution >= 0.6 is 0 Å². The maximum Gasteiger partial charge on any atom is 0.413 e. The minimum Gasteiger partial charge on any atom is -0.458 e. The Bertz CT molecular complexity index is 1840. The quantitative estimate of drug-likeness (QED) is 0.137. The Hall–Kier alpha value is -4.33. The topological polar surface area (TPSA) is 216 Å². The lowest BCUT2D eigenvalue weighted by Gasteiger charge is -2.32. The second-order valence-electron chi connectivity index (χ2n) is 20.4. The monoisotopic (exact) mass is 863 g/mol. The van der Waals surface area contributed by atoms with E-state index in [1.165, 1.54) is 6.33 Å². The van der Waals surface area contributed by atoms with Crippen LogP contribution in [0.25, 0.3) is 11.2 Å². The Morgan fingerprint density at radius 3 is 1.87 bits per heavy atom. The first kappa shape index (κ1) is 49.3. The summed E-state index contributed by atoms with van der Waals surface area (Å²) in [6, 6.07) is -1.32. The molecule has 61 heavy (non-hydrogen) atoms. The molecule has 0 spiro atoms. The Morgan fingerprint density at radius 1 is 0.754 bits per heavy atom. The zero-order valence-corrected chi connectivity index (χ0v) is 39.0. The summed E-state index contributed by atoms with van der Waals surface area (Å²) in [6.45, 7) is 29.9. The van der Waals surface area contributed by atoms with Crippen LogP contribution in [0.4, 0.5) is 20.2 Å². The summed E-state index contributed by atoms with van der Waals surface area (Å²) < 4.78 is 43.7. The van der Waals surface area contributed by atoms with Crippen molar-refractivity contribution in [1.82, 2.24) is 35.1 Å². The van der Waals surface area contributed by atoms with Crippen molar-refractivity contribution in [3.05, 3.63) is 12.7 Å². The van der Waals surface area contributed by atoms with Gasteiger partial charge in [0.05, 0.1) is 6.33 Å². The third-order valence-electron chi connectivity index (χ3n) is 9.20. The summed E-state index contributed by atoms with van der Waals surface area (Å²) in [7, 11) is 0. The molecule has 0 bridgehead atoms. The van der Waals surface area contributed by atoms with Gasteiger partial charge in [-0.25, -0.2) is 34.1 Å². The lowest BCUT2D eigenvalue weighted by atomic mass is 10.0. The lowest BCUT2D eigenvalue weighted by molar-refractivity contribution is -0.198. The number of carbonyl (C=O) groups is 4. The fraction of sp³-hybridized carbons (Fsp3) is 0.786. The van der Waals surface area contributed by atoms with E-state index < -0.39 is 83.0 Å². The Morgan fingerprint density at radius 2 is 1.30 bits per heavy atom. The molecule has 6 atom stereocenters. The van der Waals surface area contributed by atoms with Gasteiger partial charge < -0.3 is 48.7 Å². The molecular weight excluding hydrogens is 793 g/mol. The number of nitrogens with one attached hydrogen (secondary N) is 3. The normalized spacial score (nSPS) is 21.5. The van der Waals surface area contributed by atoms with E-state index in [1.54, 1.807) is 73.2 Å². The first-order chi connectivity index (χ1) is 27.9. The number of aromatic nitrogens is 4. The second-order valence-corrected chi connectivity index (χ2v) is 20.4. The van der Waals surface area contributed by atoms with Crippen LogP contribution in [0.1, 0.15) is 130 Å². The zero-order valence-electron chi connectivity index (χ0n) is 39.0. The van der Waals surface area contributed by atoms with Crippen LogP contribution in [0.15, 0.2) is 12.7 Å². The van der Waals surface area contributed by atoms with E-state index in [2.05, 4.69) is 35.8 Å². The van der Waals surface area contributed by atoms with E-state index in [0.717, 1.165) is 0 Å². The largest absolute Gasteiger partial charge is 0.458 e. The Kier molecular flexibility index (Phi) is 15.3. The molecule has 344 valence electrons. The number of anilines is 1. The maximum atomic E-state index is 13.6. The van der Waals surface area contributed by atoms with Gasteiger partial charge in [-0.15, -0.1) is 0 Å². The van der Waals surface area contributed by atoms with E-state index in [-0.39, 0.29) is 24.2 Å². The summed E-state index contributed by atoms with van der Waals surface area (Å²) in [5, 5.41) is 8.42. The van der Waals surface area contributed by atoms with Gasteiger partial charge >= 0.3 is 24.2 Å². The molecule has 4 heterocycles. The molecule has 3 amide bonds. The molecule has 2 saturated heterocycles. The van der Waals surface area contributed by atoms with Crippen molar-refractivity contribution in [2.24, 2.45) is 5.92 Å². The first-order valence-electron chi connectivity index (χ1n) is 21.0. The number of ether oxygens (including phenoxy) is 7. The van der Waals surface area contributed by atoms with Gasteiger partial charge in [0.25, 0.3) is 0 Å². The van der Waals surface area contributed by atoms with Gasteiger partial charge in [-0.1, -0.05) is 13.8 Å². The molecule has 0 aromatic carbocycles. The van der Waals surface area contributed by atoms with Crippen molar-refractivity contribution in [2.75, 3.05) is 25.0 Å². The molecule has 19 heteroatoms. The summed E-state index contributed by atoms with van der Waals surface area (Å²) in [5.41, 5.74) is -2.31. The van der Waals surface area contributed by atoms with E-state index in [0.29, 0.717) is 37.2 Å². The minimum atomic E-state index is -1.05. The highest BCUT2D eigenvalue weighted by Crippen LogP contribution is 2.44. The van der Waals surface area contributed by atoms with Crippen molar-refractivity contribution in [2.45, 2.75) is 188 Å². The van der Waals surface area contributed by atoms with Crippen molar-refractivity contribution in [3.8, 4) is 0 Å². The standard InChI is InChI=1S/C42H70N8O11/c1-24(2)25(46-35(52)59-39(6,7)8)17-19-49(20-18-26(34(51)58-38(3,4)5)47-36(53)60-40(9,10)11)21-27-29-30(57-42(15,16)56-29)33(55-27)50-23-45-28-31(43-22-44-32(28)50)48-37(54)61-41(12,13)14/h22-27,29-30,33H,17-21H2,1-16H3,(H,46,52)(H,47,53)(H,43,44,48,54)/t25-,26-,27+,29+,30+,33+/m0/s1. The van der Waals surface area contributed by atoms with Gasteiger partial charge in [0.1, 0.15) is 53.1 Å². The third-order valence-corrected chi connectivity index (χ3v) is 9.20. The summed E-state index contributed by atoms with van der Waals surface area (Å²) >= 11 is 0. The predicted octanol–water partition coefficient (Wildman–Crippen LogP) is 6.46. The number of hydrogen-bond acceptors (Lipinski definition) is 15. The van der Waals surface area contributed by atoms with Crippen LogP contribution in [0.5, 0.6) is 0 Å². The molecular formula is C42H70N8O11. The highest BCUT2D eigenvalue weighted by Gasteiger charge is 2.56. The van der Waals surface area contributed by atoms with Gasteiger partial charge in [0, 0.05) is 25.7 Å². The van der Waals surface area contributed by atoms with E-state index in [1.807, 2.05) is 48.5 Å². The van der Waals surface area contributed by atoms with Gasteiger partial charge in [0.2, 0.25) is 0 Å². The molecule has 0 aliphatic carbocycles. The fourth-order valence-electron chi connectivity index (χ4n) is 6.84. The van der Waals surface area contributed by atoms with Gasteiger partial charge in [-0.05, 0) is 116 Å². The summed E-state index contributed by atoms with van der Waals surface area (Å²) in [6.07, 6.45) is -0.906. The minimum absolute atomic E-state index is 0.0489. The van der Waals surface area contributed by atoms with Gasteiger partial charge in [0.15, 0.2) is 29.0 Å². The number of carbonyl (C=O) groups excluding carboxylic acids is 4. The summed E-state index contributed by atoms with van der Waals surface area (Å²) in [5.74, 6) is -1.36. The SMILES string of the molecule is CC(C)[C@H](CCN(CC[C@H](NC(=O)OC(C)(C)C)C(=O)OC(C)(C)C)C[C@H]1O[C@@H](n2cnc3c(NC(=O)OC(C)(C)C)ncnc32)[C@@H]2OC(C)(C)O[C@@H]21)NC(=O)OC(C)(C)C. The molecule has 3 N–H and O–H groups in total. The molecule has 0 radical (unpaired) electrons. The smallest absolute Gasteiger partial charge is 0.413 e. The molecule has 4 rings (SSSR count). The highest BCUT2D eigenvalue weighted by atomic mass is 16.8. The average molecular weight is 863 g/mol. The number of imidazole rings is 1. The first-order valence-corrected chi connectivity index (χ1v) is 21.0. The number of rotatable bonds is 14. The Labute approximate surface area is 360 Å². The fourth-order valence-corrected chi connectivity index (χ4v) is 6.84. The van der Waals surface area contributed by atoms with Crippen LogP contribution in [0, 0.1) is 5.92 Å². The number of nitrogens with zero attached hydrogens (tertiary/aromatic N) is 5. The van der Waals surface area contributed by atoms with E-state index >= 15 is 0 Å². The van der Waals surface area contributed by atoms with Crippen LogP contribution < -0.4 is 16.0 Å². The van der Waals surface area contributed by atoms with E-state index in [4.69, 9.17) is 33.2 Å². The number of hydrogen-bond donors (Lipinski definition) is 3. The molecule has 0 saturated carbocycles. The molecule has 2 aliphatic heterocycles. The van der Waals surface area contributed by atoms with Gasteiger partial charge in [-0.3, -0.25) is 9.88 Å². The van der Waals surface area contributed by atoms with Crippen molar-refractivity contribution < 1.29 is 52.3 Å². The van der Waals surface area contributed by atoms with Crippen LogP contribution in [0.2, 0.25) is 0 Å². The Balaban J connectivity index is 1.65. The predicted molar refractivity (Wildman–Crippen MR) is 226 cm³/mol. The number of alkyl carbamates (subject to hydrolysis) is 2. The lowest BCUT2D eigenvalue weighted by Crippen LogP contribution is -2.49. The molecule has 2 aromatic heterocycles. The van der Waals surface area contributed by atoms with Crippen molar-refractivity contribution in [3.63, 3.8) is 0 Å². The van der Waals surface area contributed by atoms with Crippen molar-refractivity contribution in [1.29, 1.82) is 0 Å². The number of esters is 1. The van der Waals surface area contributed by atoms with Gasteiger partial charge in [-0.2, -0.15) is 0 Å². The zero-order chi connectivity index (χ0) is 45.9. The second kappa shape index (κ2) is 19.0. The highest BCUT2D eigenvalue weighted by molar-refractivity contribution is 5.93. The van der Waals surface area contributed by atoms with E-state index in [9.17, 15) is 19.2 Å². The van der Waals surface area contributed by atoms with Crippen molar-refractivity contribution >= 4 is 41.2 Å². The maximum absolute atomic E-state index is 13.6. The van der Waals surface area contributed by atoms with Crippen LogP contribution in [0.3, 0.4) is 0 Å². The average Bonchev–Trinajstić information content (AvgIpc) is 3.72. The van der Waals surface area contributed by atoms with Crippen LogP contribution in [-0.2, 0) is 38.0 Å². The summed E-state index contributed by atoms with van der Waals surface area (Å²) in [4.78, 5) is 67.5.